The largest absolute Gasteiger partial charge is 0.418 e. The highest BCUT2D eigenvalue weighted by atomic mass is 35.5. The van der Waals surface area contributed by atoms with E-state index in [9.17, 15) is 39.2 Å². The van der Waals surface area contributed by atoms with Gasteiger partial charge in [0.05, 0.1) is 17.3 Å². The van der Waals surface area contributed by atoms with E-state index in [0.29, 0.717) is 10.9 Å². The normalized spacial score (nSPS) is 18.7. The quantitative estimate of drug-likeness (QED) is 0.539. The molecule has 0 aliphatic carbocycles. The number of nitrogens with zero attached hydrogens (tertiary/aromatic N) is 4. The molecule has 2 aromatic heterocycles. The summed E-state index contributed by atoms with van der Waals surface area (Å²) in [5.41, 5.74) is -3.05. The summed E-state index contributed by atoms with van der Waals surface area (Å²) >= 11 is 5.62. The first kappa shape index (κ1) is 22.8. The predicted octanol–water partition coefficient (Wildman–Crippen LogP) is 4.28. The number of benzene rings is 1. The maximum Gasteiger partial charge on any atom is 0.418 e. The first-order valence-electron chi connectivity index (χ1n) is 8.80. The van der Waals surface area contributed by atoms with Gasteiger partial charge in [-0.15, -0.1) is 9.90 Å². The number of alkyl halides is 6. The van der Waals surface area contributed by atoms with E-state index in [2.05, 4.69) is 15.2 Å². The maximum absolute atomic E-state index is 14.5. The van der Waals surface area contributed by atoms with E-state index in [-0.39, 0.29) is 21.9 Å². The summed E-state index contributed by atoms with van der Waals surface area (Å²) < 4.78 is 121. The molecule has 32 heavy (non-hydrogen) atoms. The van der Waals surface area contributed by atoms with Crippen LogP contribution >= 0.6 is 11.6 Å². The third-order valence-corrected chi connectivity index (χ3v) is 6.95. The number of nitrogens with one attached hydrogen (secondary N) is 1. The van der Waals surface area contributed by atoms with Gasteiger partial charge in [-0.3, -0.25) is 0 Å². The van der Waals surface area contributed by atoms with Gasteiger partial charge in [-0.05, 0) is 25.0 Å². The summed E-state index contributed by atoms with van der Waals surface area (Å²) in [6.07, 6.45) is -9.60. The molecular formula is C16H11ClF7N5O2S. The van der Waals surface area contributed by atoms with E-state index >= 15 is 0 Å². The molecule has 1 N–H and O–H groups in total. The highest BCUT2D eigenvalue weighted by Gasteiger charge is 2.51. The lowest BCUT2D eigenvalue weighted by Gasteiger charge is -2.25. The molecule has 3 aromatic rings. The Morgan fingerprint density at radius 1 is 1.16 bits per heavy atom. The van der Waals surface area contributed by atoms with Crippen molar-refractivity contribution in [3.63, 3.8) is 0 Å². The molecule has 16 heteroatoms. The smallest absolute Gasteiger partial charge is 0.342 e. The van der Waals surface area contributed by atoms with Crippen LogP contribution in [0.2, 0.25) is 5.15 Å². The first-order chi connectivity index (χ1) is 14.7. The third-order valence-electron chi connectivity index (χ3n) is 4.95. The number of aromatic amines is 1. The molecule has 1 aliphatic rings. The van der Waals surface area contributed by atoms with Gasteiger partial charge < -0.3 is 4.98 Å². The zero-order chi connectivity index (χ0) is 23.6. The topological polar surface area (TPSA) is 83.9 Å². The van der Waals surface area contributed by atoms with Gasteiger partial charge >= 0.3 is 12.4 Å². The van der Waals surface area contributed by atoms with Crippen LogP contribution in [-0.4, -0.2) is 51.5 Å². The number of fused-ring (bicyclic) bond motifs is 1. The summed E-state index contributed by atoms with van der Waals surface area (Å²) in [6, 6.07) is -1.57. The van der Waals surface area contributed by atoms with Crippen molar-refractivity contribution in [2.75, 3.05) is 6.54 Å². The number of aromatic nitrogens is 4. The summed E-state index contributed by atoms with van der Waals surface area (Å²) in [5.74, 6) is -1.47. The fraction of sp³-hybridized carbons (Fsp3) is 0.375. The van der Waals surface area contributed by atoms with Crippen molar-refractivity contribution in [2.24, 2.45) is 0 Å². The molecule has 1 atom stereocenters. The van der Waals surface area contributed by atoms with Gasteiger partial charge in [0.2, 0.25) is 0 Å². The highest BCUT2D eigenvalue weighted by molar-refractivity contribution is 7.89. The molecule has 0 saturated carbocycles. The molecular weight excluding hydrogens is 495 g/mol. The molecule has 0 unspecified atom stereocenters. The van der Waals surface area contributed by atoms with Crippen LogP contribution in [0.1, 0.15) is 18.4 Å². The summed E-state index contributed by atoms with van der Waals surface area (Å²) in [7, 11) is -4.86. The Morgan fingerprint density at radius 2 is 1.84 bits per heavy atom. The maximum atomic E-state index is 14.5. The van der Waals surface area contributed by atoms with Gasteiger partial charge in [0.25, 0.3) is 10.0 Å². The minimum Gasteiger partial charge on any atom is -0.342 e. The van der Waals surface area contributed by atoms with Crippen molar-refractivity contribution in [1.82, 2.24) is 24.3 Å². The molecule has 0 bridgehead atoms. The van der Waals surface area contributed by atoms with Crippen molar-refractivity contribution in [3.05, 3.63) is 34.9 Å². The van der Waals surface area contributed by atoms with Crippen LogP contribution in [0.4, 0.5) is 30.7 Å². The Labute approximate surface area is 179 Å². The number of rotatable bonds is 3. The molecule has 4 rings (SSSR count). The minimum atomic E-state index is -5.10. The first-order valence-corrected chi connectivity index (χ1v) is 10.6. The van der Waals surface area contributed by atoms with E-state index in [1.54, 1.807) is 0 Å². The van der Waals surface area contributed by atoms with Gasteiger partial charge in [0.15, 0.2) is 5.15 Å². The molecule has 1 aromatic carbocycles. The Kier molecular flexibility index (Phi) is 5.21. The molecule has 1 fully saturated rings. The van der Waals surface area contributed by atoms with Crippen LogP contribution < -0.4 is 0 Å². The van der Waals surface area contributed by atoms with E-state index in [1.807, 2.05) is 0 Å². The van der Waals surface area contributed by atoms with E-state index < -0.39 is 74.4 Å². The second-order valence-corrected chi connectivity index (χ2v) is 9.19. The number of halogens is 8. The van der Waals surface area contributed by atoms with Crippen molar-refractivity contribution in [2.45, 2.75) is 36.3 Å². The van der Waals surface area contributed by atoms with Crippen LogP contribution in [0, 0.1) is 5.82 Å². The Hall–Kier alpha value is -2.39. The van der Waals surface area contributed by atoms with Crippen LogP contribution in [0.25, 0.3) is 16.6 Å². The summed E-state index contributed by atoms with van der Waals surface area (Å²) in [6.45, 7) is -0.457. The molecule has 0 amide bonds. The highest BCUT2D eigenvalue weighted by Crippen LogP contribution is 2.41. The molecule has 3 heterocycles. The van der Waals surface area contributed by atoms with E-state index in [4.69, 9.17) is 11.6 Å². The lowest BCUT2D eigenvalue weighted by Crippen LogP contribution is -2.44. The average Bonchev–Trinajstić information content (AvgIpc) is 3.39. The molecule has 174 valence electrons. The molecule has 7 nitrogen and oxygen atoms in total. The Bertz CT molecular complexity index is 1300. The second-order valence-electron chi connectivity index (χ2n) is 6.95. The fourth-order valence-electron chi connectivity index (χ4n) is 3.62. The van der Waals surface area contributed by atoms with Crippen LogP contribution in [0.3, 0.4) is 0 Å². The van der Waals surface area contributed by atoms with E-state index in [1.165, 1.54) is 0 Å². The summed E-state index contributed by atoms with van der Waals surface area (Å²) in [4.78, 5) is 2.54. The minimum absolute atomic E-state index is 0.0722. The third kappa shape index (κ3) is 3.71. The van der Waals surface area contributed by atoms with Gasteiger partial charge in [0, 0.05) is 11.9 Å². The van der Waals surface area contributed by atoms with Gasteiger partial charge in [-0.2, -0.15) is 35.7 Å². The van der Waals surface area contributed by atoms with Gasteiger partial charge in [-0.25, -0.2) is 12.8 Å². The van der Waals surface area contributed by atoms with Crippen LogP contribution in [-0.2, 0) is 16.2 Å². The van der Waals surface area contributed by atoms with Crippen LogP contribution in [0.15, 0.2) is 23.4 Å². The Balaban J connectivity index is 1.96. The number of sulfonamides is 1. The van der Waals surface area contributed by atoms with Crippen LogP contribution in [0.5, 0.6) is 0 Å². The Morgan fingerprint density at radius 3 is 2.41 bits per heavy atom. The molecule has 0 spiro atoms. The zero-order valence-electron chi connectivity index (χ0n) is 15.5. The second kappa shape index (κ2) is 7.31. The predicted molar refractivity (Wildman–Crippen MR) is 96.2 cm³/mol. The summed E-state index contributed by atoms with van der Waals surface area (Å²) in [5, 5.41) is 5.31. The van der Waals surface area contributed by atoms with Crippen molar-refractivity contribution in [1.29, 1.82) is 0 Å². The van der Waals surface area contributed by atoms with Gasteiger partial charge in [0.1, 0.15) is 22.6 Å². The lowest BCUT2D eigenvalue weighted by molar-refractivity contribution is -0.165. The molecule has 0 radical (unpaired) electrons. The zero-order valence-corrected chi connectivity index (χ0v) is 17.0. The molecule has 1 aliphatic heterocycles. The van der Waals surface area contributed by atoms with Crippen molar-refractivity contribution in [3.8, 4) is 5.69 Å². The van der Waals surface area contributed by atoms with E-state index in [0.717, 1.165) is 6.20 Å². The molecule has 1 saturated heterocycles. The number of H-pyrrole nitrogens is 1. The fourth-order valence-corrected chi connectivity index (χ4v) is 5.42. The van der Waals surface area contributed by atoms with Crippen molar-refractivity contribution >= 4 is 32.5 Å². The van der Waals surface area contributed by atoms with Crippen molar-refractivity contribution < 1.29 is 39.2 Å². The SMILES string of the molecule is O=S(=O)(c1cc2c(-n3ncc(Cl)n3)c(C(F)(F)F)cc(F)c2[nH]1)N1CCC[C@@H]1C(F)(F)F. The monoisotopic (exact) mass is 505 g/mol. The number of hydrogen-bond acceptors (Lipinski definition) is 4. The van der Waals surface area contributed by atoms with Gasteiger partial charge in [-0.1, -0.05) is 11.6 Å². The standard InChI is InChI=1S/C16H11ClF7N5O2S/c17-11-6-25-29(27-11)14-7-4-12(26-13(7)9(18)5-8(14)15(19,20)21)32(30,31)28-3-1-2-10(28)16(22,23)24/h4-6,10,26H,1-3H2/t10-/m1/s1. The number of hydrogen-bond donors (Lipinski definition) is 1. The average molecular weight is 506 g/mol. The lowest BCUT2D eigenvalue weighted by atomic mass is 10.1.